The number of sulfonamides is 1. The number of aromatic nitrogens is 3. The topological polar surface area (TPSA) is 108 Å². The van der Waals surface area contributed by atoms with Crippen LogP contribution in [0.5, 0.6) is 5.75 Å². The molecule has 2 N–H and O–H groups in total. The first-order chi connectivity index (χ1) is 11.9. The smallest absolute Gasteiger partial charge is 0.241 e. The zero-order valence-electron chi connectivity index (χ0n) is 13.6. The van der Waals surface area contributed by atoms with E-state index in [1.54, 1.807) is 30.7 Å². The van der Waals surface area contributed by atoms with Gasteiger partial charge in [0, 0.05) is 25.0 Å². The van der Waals surface area contributed by atoms with Crippen LogP contribution in [0.15, 0.2) is 41.7 Å². The Bertz CT molecular complexity index is 1000. The molecule has 9 heteroatoms. The monoisotopic (exact) mass is 376 g/mol. The van der Waals surface area contributed by atoms with Crippen LogP contribution in [0.1, 0.15) is 16.4 Å². The van der Waals surface area contributed by atoms with E-state index in [4.69, 9.17) is 9.88 Å². The van der Waals surface area contributed by atoms with E-state index in [1.807, 2.05) is 6.92 Å². The Hall–Kier alpha value is -2.36. The number of hydrogen-bond acceptors (Lipinski definition) is 7. The van der Waals surface area contributed by atoms with Gasteiger partial charge in [0.05, 0.1) is 28.4 Å². The molecule has 3 aromatic rings. The predicted molar refractivity (Wildman–Crippen MR) is 95.1 cm³/mol. The summed E-state index contributed by atoms with van der Waals surface area (Å²) < 4.78 is 28.7. The van der Waals surface area contributed by atoms with E-state index in [-0.39, 0.29) is 10.6 Å². The number of ether oxygens (including phenoxy) is 1. The van der Waals surface area contributed by atoms with Gasteiger partial charge in [0.25, 0.3) is 0 Å². The van der Waals surface area contributed by atoms with Crippen molar-refractivity contribution in [3.05, 3.63) is 53.2 Å². The van der Waals surface area contributed by atoms with Crippen molar-refractivity contribution in [3.63, 3.8) is 0 Å². The molecule has 3 rings (SSSR count). The number of hydrogen-bond donors (Lipinski definition) is 1. The summed E-state index contributed by atoms with van der Waals surface area (Å²) in [5, 5.41) is 6.17. The molecule has 0 radical (unpaired) electrons. The Balaban J connectivity index is 2.00. The molecule has 25 heavy (non-hydrogen) atoms. The second kappa shape index (κ2) is 6.87. The van der Waals surface area contributed by atoms with Crippen molar-refractivity contribution in [3.8, 4) is 16.2 Å². The van der Waals surface area contributed by atoms with Crippen LogP contribution in [-0.2, 0) is 16.4 Å². The predicted octanol–water partition coefficient (Wildman–Crippen LogP) is 2.16. The van der Waals surface area contributed by atoms with Gasteiger partial charge in [0.1, 0.15) is 10.6 Å². The molecule has 130 valence electrons. The standard InChI is InChI=1S/C16H16N4O3S2/c1-10-16(24-15(20-10)8-12-9-18-5-6-19-12)11-3-4-13(23-2)14(7-11)25(17,21)22/h3-7,9H,8H2,1-2H3,(H2,17,21,22). The Morgan fingerprint density at radius 1 is 1.28 bits per heavy atom. The third kappa shape index (κ3) is 3.84. The van der Waals surface area contributed by atoms with E-state index in [0.29, 0.717) is 6.42 Å². The molecule has 0 spiro atoms. The largest absolute Gasteiger partial charge is 0.495 e. The summed E-state index contributed by atoms with van der Waals surface area (Å²) in [5.41, 5.74) is 2.36. The Kier molecular flexibility index (Phi) is 4.80. The van der Waals surface area contributed by atoms with Gasteiger partial charge in [0.2, 0.25) is 10.0 Å². The lowest BCUT2D eigenvalue weighted by molar-refractivity contribution is 0.403. The maximum absolute atomic E-state index is 11.8. The van der Waals surface area contributed by atoms with Crippen LogP contribution in [0.3, 0.4) is 0 Å². The fourth-order valence-electron chi connectivity index (χ4n) is 2.41. The van der Waals surface area contributed by atoms with Crippen LogP contribution in [-0.4, -0.2) is 30.5 Å². The van der Waals surface area contributed by atoms with Crippen LogP contribution in [0.4, 0.5) is 0 Å². The van der Waals surface area contributed by atoms with Crippen molar-refractivity contribution in [1.29, 1.82) is 0 Å². The molecular weight excluding hydrogens is 360 g/mol. The Labute approximate surface area is 149 Å². The maximum atomic E-state index is 11.8. The molecule has 0 saturated carbocycles. The fourth-order valence-corrected chi connectivity index (χ4v) is 4.21. The summed E-state index contributed by atoms with van der Waals surface area (Å²) in [4.78, 5) is 13.7. The van der Waals surface area contributed by atoms with Gasteiger partial charge in [0.15, 0.2) is 0 Å². The van der Waals surface area contributed by atoms with Crippen LogP contribution in [0.25, 0.3) is 10.4 Å². The fraction of sp³-hybridized carbons (Fsp3) is 0.188. The normalized spacial score (nSPS) is 11.5. The van der Waals surface area contributed by atoms with E-state index < -0.39 is 10.0 Å². The maximum Gasteiger partial charge on any atom is 0.241 e. The molecule has 0 amide bonds. The van der Waals surface area contributed by atoms with Gasteiger partial charge in [-0.1, -0.05) is 0 Å². The number of nitrogens with zero attached hydrogens (tertiary/aromatic N) is 3. The van der Waals surface area contributed by atoms with Gasteiger partial charge in [-0.15, -0.1) is 11.3 Å². The van der Waals surface area contributed by atoms with E-state index in [2.05, 4.69) is 15.0 Å². The lowest BCUT2D eigenvalue weighted by Crippen LogP contribution is -2.13. The van der Waals surface area contributed by atoms with E-state index >= 15 is 0 Å². The van der Waals surface area contributed by atoms with E-state index in [9.17, 15) is 8.42 Å². The van der Waals surface area contributed by atoms with Gasteiger partial charge in [-0.2, -0.15) is 0 Å². The first-order valence-corrected chi connectivity index (χ1v) is 9.67. The number of thiazole rings is 1. The van der Waals surface area contributed by atoms with Crippen LogP contribution in [0, 0.1) is 6.92 Å². The van der Waals surface area contributed by atoms with Crippen molar-refractivity contribution in [2.45, 2.75) is 18.2 Å². The zero-order valence-corrected chi connectivity index (χ0v) is 15.3. The highest BCUT2D eigenvalue weighted by Crippen LogP contribution is 2.34. The number of aryl methyl sites for hydroxylation is 1. The SMILES string of the molecule is COc1ccc(-c2sc(Cc3cnccn3)nc2C)cc1S(N)(=O)=O. The third-order valence-electron chi connectivity index (χ3n) is 3.52. The molecule has 0 aliphatic rings. The van der Waals surface area contributed by atoms with Crippen molar-refractivity contribution in [2.24, 2.45) is 5.14 Å². The minimum absolute atomic E-state index is 0.0456. The van der Waals surface area contributed by atoms with Crippen LogP contribution >= 0.6 is 11.3 Å². The average molecular weight is 376 g/mol. The van der Waals surface area contributed by atoms with Crippen molar-refractivity contribution < 1.29 is 13.2 Å². The second-order valence-electron chi connectivity index (χ2n) is 5.31. The lowest BCUT2D eigenvalue weighted by Gasteiger charge is -2.08. The van der Waals surface area contributed by atoms with Gasteiger partial charge in [-0.3, -0.25) is 9.97 Å². The Morgan fingerprint density at radius 3 is 2.72 bits per heavy atom. The van der Waals surface area contributed by atoms with Crippen molar-refractivity contribution in [1.82, 2.24) is 15.0 Å². The van der Waals surface area contributed by atoms with Crippen molar-refractivity contribution >= 4 is 21.4 Å². The zero-order chi connectivity index (χ0) is 18.0. The quantitative estimate of drug-likeness (QED) is 0.731. The summed E-state index contributed by atoms with van der Waals surface area (Å²) in [6.45, 7) is 1.88. The first kappa shape index (κ1) is 17.5. The number of rotatable bonds is 5. The summed E-state index contributed by atoms with van der Waals surface area (Å²) in [6.07, 6.45) is 5.52. The minimum atomic E-state index is -3.89. The van der Waals surface area contributed by atoms with Gasteiger partial charge >= 0.3 is 0 Å². The summed E-state index contributed by atoms with van der Waals surface area (Å²) in [7, 11) is -2.49. The third-order valence-corrected chi connectivity index (χ3v) is 5.66. The summed E-state index contributed by atoms with van der Waals surface area (Å²) in [5.74, 6) is 0.216. The molecule has 2 aromatic heterocycles. The van der Waals surface area contributed by atoms with Gasteiger partial charge < -0.3 is 4.74 Å². The van der Waals surface area contributed by atoms with E-state index in [1.165, 1.54) is 24.5 Å². The van der Waals surface area contributed by atoms with Crippen LogP contribution < -0.4 is 9.88 Å². The molecular formula is C16H16N4O3S2. The average Bonchev–Trinajstić information content (AvgIpc) is 2.94. The molecule has 0 fully saturated rings. The van der Waals surface area contributed by atoms with Gasteiger partial charge in [-0.25, -0.2) is 18.5 Å². The van der Waals surface area contributed by atoms with E-state index in [0.717, 1.165) is 26.8 Å². The number of benzene rings is 1. The van der Waals surface area contributed by atoms with Gasteiger partial charge in [-0.05, 0) is 30.7 Å². The molecule has 0 unspecified atom stereocenters. The highest BCUT2D eigenvalue weighted by atomic mass is 32.2. The number of nitrogens with two attached hydrogens (primary N) is 1. The Morgan fingerprint density at radius 2 is 2.08 bits per heavy atom. The van der Waals surface area contributed by atoms with Crippen molar-refractivity contribution in [2.75, 3.05) is 7.11 Å². The highest BCUT2D eigenvalue weighted by Gasteiger charge is 2.18. The highest BCUT2D eigenvalue weighted by molar-refractivity contribution is 7.89. The molecule has 0 aliphatic carbocycles. The molecule has 0 atom stereocenters. The summed E-state index contributed by atoms with van der Waals surface area (Å²) in [6, 6.07) is 4.90. The lowest BCUT2D eigenvalue weighted by atomic mass is 10.1. The molecule has 0 saturated heterocycles. The molecule has 0 bridgehead atoms. The molecule has 0 aliphatic heterocycles. The number of methoxy groups -OCH3 is 1. The molecule has 7 nitrogen and oxygen atoms in total. The first-order valence-electron chi connectivity index (χ1n) is 7.31. The summed E-state index contributed by atoms with van der Waals surface area (Å²) >= 11 is 1.48. The molecule has 1 aromatic carbocycles. The number of primary sulfonamides is 1. The molecule has 2 heterocycles. The minimum Gasteiger partial charge on any atom is -0.495 e. The van der Waals surface area contributed by atoms with Crippen LogP contribution in [0.2, 0.25) is 0 Å². The second-order valence-corrected chi connectivity index (χ2v) is 7.92.